The number of amides is 2. The van der Waals surface area contributed by atoms with Gasteiger partial charge >= 0.3 is 0 Å². The Morgan fingerprint density at radius 2 is 2.00 bits per heavy atom. The lowest BCUT2D eigenvalue weighted by atomic mass is 9.78. The lowest BCUT2D eigenvalue weighted by Crippen LogP contribution is -2.54. The quantitative estimate of drug-likeness (QED) is 0.630. The van der Waals surface area contributed by atoms with Gasteiger partial charge in [-0.2, -0.15) is 0 Å². The van der Waals surface area contributed by atoms with Crippen LogP contribution in [-0.4, -0.2) is 50.7 Å². The van der Waals surface area contributed by atoms with Crippen LogP contribution in [0.2, 0.25) is 0 Å². The Bertz CT molecular complexity index is 357. The predicted molar refractivity (Wildman–Crippen MR) is 75.2 cm³/mol. The number of rotatable bonds is 6. The SMILES string of the molecule is COCC1(C(=O)NC(C)C(=O)NC2CC2)CCNCC1. The number of ether oxygens (including phenoxy) is 1. The largest absolute Gasteiger partial charge is 0.384 e. The van der Waals surface area contributed by atoms with Crippen LogP contribution in [-0.2, 0) is 14.3 Å². The van der Waals surface area contributed by atoms with E-state index in [0.29, 0.717) is 12.6 Å². The minimum atomic E-state index is -0.506. The van der Waals surface area contributed by atoms with Gasteiger partial charge in [-0.25, -0.2) is 0 Å². The molecule has 1 atom stereocenters. The molecule has 2 rings (SSSR count). The first kappa shape index (κ1) is 15.3. The molecule has 1 aliphatic heterocycles. The summed E-state index contributed by atoms with van der Waals surface area (Å²) in [6, 6.07) is -0.180. The van der Waals surface area contributed by atoms with Gasteiger partial charge in [0.15, 0.2) is 0 Å². The van der Waals surface area contributed by atoms with Crippen molar-refractivity contribution in [2.24, 2.45) is 5.41 Å². The first-order valence-corrected chi connectivity index (χ1v) is 7.38. The molecule has 20 heavy (non-hydrogen) atoms. The molecule has 2 fully saturated rings. The minimum absolute atomic E-state index is 0.0701. The number of methoxy groups -OCH3 is 1. The Hall–Kier alpha value is -1.14. The van der Waals surface area contributed by atoms with Crippen LogP contribution in [0.1, 0.15) is 32.6 Å². The zero-order valence-electron chi connectivity index (χ0n) is 12.3. The molecule has 1 heterocycles. The fourth-order valence-corrected chi connectivity index (χ4v) is 2.59. The van der Waals surface area contributed by atoms with Crippen molar-refractivity contribution in [2.45, 2.75) is 44.7 Å². The van der Waals surface area contributed by atoms with Crippen LogP contribution in [0.3, 0.4) is 0 Å². The molecule has 0 aromatic heterocycles. The maximum Gasteiger partial charge on any atom is 0.242 e. The van der Waals surface area contributed by atoms with Gasteiger partial charge in [-0.15, -0.1) is 0 Å². The van der Waals surface area contributed by atoms with Gasteiger partial charge in [0.2, 0.25) is 11.8 Å². The van der Waals surface area contributed by atoms with Crippen LogP contribution >= 0.6 is 0 Å². The molecule has 1 aliphatic carbocycles. The van der Waals surface area contributed by atoms with Crippen molar-refractivity contribution in [3.63, 3.8) is 0 Å². The summed E-state index contributed by atoms with van der Waals surface area (Å²) in [4.78, 5) is 24.4. The maximum absolute atomic E-state index is 12.5. The van der Waals surface area contributed by atoms with Crippen LogP contribution in [0.15, 0.2) is 0 Å². The van der Waals surface area contributed by atoms with E-state index in [1.54, 1.807) is 14.0 Å². The van der Waals surface area contributed by atoms with E-state index in [4.69, 9.17) is 4.74 Å². The highest BCUT2D eigenvalue weighted by Crippen LogP contribution is 2.29. The van der Waals surface area contributed by atoms with Gasteiger partial charge in [0.05, 0.1) is 12.0 Å². The second-order valence-corrected chi connectivity index (χ2v) is 5.94. The Morgan fingerprint density at radius 3 is 2.55 bits per heavy atom. The molecule has 0 bridgehead atoms. The molecule has 0 radical (unpaired) electrons. The van der Waals surface area contributed by atoms with Gasteiger partial charge in [0, 0.05) is 13.2 Å². The first-order valence-electron chi connectivity index (χ1n) is 7.38. The van der Waals surface area contributed by atoms with Crippen molar-refractivity contribution < 1.29 is 14.3 Å². The lowest BCUT2D eigenvalue weighted by Gasteiger charge is -2.36. The molecule has 2 amide bonds. The normalized spacial score (nSPS) is 22.9. The highest BCUT2D eigenvalue weighted by molar-refractivity contribution is 5.90. The van der Waals surface area contributed by atoms with Gasteiger partial charge in [-0.05, 0) is 45.7 Å². The van der Waals surface area contributed by atoms with E-state index in [0.717, 1.165) is 38.8 Å². The molecule has 1 unspecified atom stereocenters. The van der Waals surface area contributed by atoms with E-state index in [9.17, 15) is 9.59 Å². The minimum Gasteiger partial charge on any atom is -0.384 e. The summed E-state index contributed by atoms with van der Waals surface area (Å²) in [6.07, 6.45) is 3.57. The summed E-state index contributed by atoms with van der Waals surface area (Å²) >= 11 is 0. The molecule has 1 saturated carbocycles. The molecular weight excluding hydrogens is 258 g/mol. The zero-order valence-corrected chi connectivity index (χ0v) is 12.3. The summed E-state index contributed by atoms with van der Waals surface area (Å²) in [7, 11) is 1.61. The molecule has 114 valence electrons. The van der Waals surface area contributed by atoms with Crippen LogP contribution in [0, 0.1) is 5.41 Å². The van der Waals surface area contributed by atoms with Gasteiger partial charge in [0.25, 0.3) is 0 Å². The van der Waals surface area contributed by atoms with Gasteiger partial charge < -0.3 is 20.7 Å². The van der Waals surface area contributed by atoms with Gasteiger partial charge in [-0.3, -0.25) is 9.59 Å². The van der Waals surface area contributed by atoms with E-state index in [1.807, 2.05) is 0 Å². The van der Waals surface area contributed by atoms with Crippen LogP contribution in [0.4, 0.5) is 0 Å². The number of carbonyl (C=O) groups is 2. The summed E-state index contributed by atoms with van der Waals surface area (Å²) in [5.74, 6) is -0.165. The number of piperidine rings is 1. The fraction of sp³-hybridized carbons (Fsp3) is 0.857. The Labute approximate surface area is 120 Å². The molecule has 6 heteroatoms. The monoisotopic (exact) mass is 283 g/mol. The van der Waals surface area contributed by atoms with E-state index >= 15 is 0 Å². The van der Waals surface area contributed by atoms with Crippen molar-refractivity contribution in [1.29, 1.82) is 0 Å². The van der Waals surface area contributed by atoms with E-state index in [2.05, 4.69) is 16.0 Å². The molecule has 3 N–H and O–H groups in total. The van der Waals surface area contributed by atoms with Crippen molar-refractivity contribution >= 4 is 11.8 Å². The lowest BCUT2D eigenvalue weighted by molar-refractivity contribution is -0.139. The highest BCUT2D eigenvalue weighted by Gasteiger charge is 2.40. The van der Waals surface area contributed by atoms with E-state index < -0.39 is 11.5 Å². The average Bonchev–Trinajstić information content (AvgIpc) is 3.24. The van der Waals surface area contributed by atoms with E-state index in [1.165, 1.54) is 0 Å². The van der Waals surface area contributed by atoms with Crippen molar-refractivity contribution in [1.82, 2.24) is 16.0 Å². The summed E-state index contributed by atoms with van der Waals surface area (Å²) in [5, 5.41) is 9.01. The first-order chi connectivity index (χ1) is 9.57. The predicted octanol–water partition coefficient (Wildman–Crippen LogP) is -0.214. The number of carbonyl (C=O) groups excluding carboxylic acids is 2. The topological polar surface area (TPSA) is 79.5 Å². The molecule has 2 aliphatic rings. The number of nitrogens with one attached hydrogen (secondary N) is 3. The Balaban J connectivity index is 1.91. The van der Waals surface area contributed by atoms with Crippen molar-refractivity contribution in [2.75, 3.05) is 26.8 Å². The fourth-order valence-electron chi connectivity index (χ4n) is 2.59. The third-order valence-corrected chi connectivity index (χ3v) is 4.13. The zero-order chi connectivity index (χ0) is 14.6. The summed E-state index contributed by atoms with van der Waals surface area (Å²) in [6.45, 7) is 3.74. The van der Waals surface area contributed by atoms with E-state index in [-0.39, 0.29) is 11.8 Å². The molecule has 1 saturated heterocycles. The second-order valence-electron chi connectivity index (χ2n) is 5.94. The van der Waals surface area contributed by atoms with Crippen LogP contribution < -0.4 is 16.0 Å². The molecule has 0 aromatic rings. The standard InChI is InChI=1S/C14H25N3O3/c1-10(12(18)17-11-3-4-11)16-13(19)14(9-20-2)5-7-15-8-6-14/h10-11,15H,3-9H2,1-2H3,(H,16,19)(H,17,18). The number of hydrogen-bond acceptors (Lipinski definition) is 4. The Kier molecular flexibility index (Phi) is 4.99. The molecule has 0 aromatic carbocycles. The van der Waals surface area contributed by atoms with Crippen molar-refractivity contribution in [3.05, 3.63) is 0 Å². The second kappa shape index (κ2) is 6.54. The number of hydrogen-bond donors (Lipinski definition) is 3. The Morgan fingerprint density at radius 1 is 1.35 bits per heavy atom. The highest BCUT2D eigenvalue weighted by atomic mass is 16.5. The summed E-state index contributed by atoms with van der Waals surface area (Å²) < 4.78 is 5.23. The van der Waals surface area contributed by atoms with Gasteiger partial charge in [0.1, 0.15) is 6.04 Å². The third-order valence-electron chi connectivity index (χ3n) is 4.13. The average molecular weight is 283 g/mol. The molecule has 6 nitrogen and oxygen atoms in total. The summed E-state index contributed by atoms with van der Waals surface area (Å²) in [5.41, 5.74) is -0.506. The van der Waals surface area contributed by atoms with Gasteiger partial charge in [-0.1, -0.05) is 0 Å². The maximum atomic E-state index is 12.5. The van der Waals surface area contributed by atoms with Crippen LogP contribution in [0.5, 0.6) is 0 Å². The molecular formula is C14H25N3O3. The smallest absolute Gasteiger partial charge is 0.242 e. The van der Waals surface area contributed by atoms with Crippen LogP contribution in [0.25, 0.3) is 0 Å². The molecule has 0 spiro atoms. The van der Waals surface area contributed by atoms with Crippen molar-refractivity contribution in [3.8, 4) is 0 Å². The third kappa shape index (κ3) is 3.70.